The molecule has 0 spiro atoms. The number of fused-ring (bicyclic) bond motifs is 4. The Morgan fingerprint density at radius 2 is 1.24 bits per heavy atom. The van der Waals surface area contributed by atoms with E-state index in [0.717, 1.165) is 25.6 Å². The summed E-state index contributed by atoms with van der Waals surface area (Å²) in [6.07, 6.45) is 0. The number of hydrogen-bond donors (Lipinski definition) is 0. The van der Waals surface area contributed by atoms with Crippen LogP contribution in [0.3, 0.4) is 0 Å². The van der Waals surface area contributed by atoms with E-state index in [1.54, 1.807) is 11.3 Å². The van der Waals surface area contributed by atoms with Crippen molar-refractivity contribution in [3.8, 4) is 0 Å². The Labute approximate surface area is 149 Å². The first-order valence-corrected chi connectivity index (χ1v) is 9.22. The lowest BCUT2D eigenvalue weighted by molar-refractivity contribution is 1.37. The molecule has 25 heavy (non-hydrogen) atoms. The molecule has 120 valence electrons. The molecule has 1 nitrogen and oxygen atoms in total. The van der Waals surface area contributed by atoms with Crippen LogP contribution in [-0.4, -0.2) is 0 Å². The van der Waals surface area contributed by atoms with Gasteiger partial charge in [-0.15, -0.1) is 11.3 Å². The second-order valence-corrected chi connectivity index (χ2v) is 7.84. The van der Waals surface area contributed by atoms with Gasteiger partial charge >= 0.3 is 0 Å². The third-order valence-electron chi connectivity index (χ3n) is 5.10. The van der Waals surface area contributed by atoms with Gasteiger partial charge in [-0.05, 0) is 82.9 Å². The molecule has 0 atom stereocenters. The minimum atomic E-state index is 0.131. The van der Waals surface area contributed by atoms with Crippen molar-refractivity contribution < 1.29 is 0 Å². The Kier molecular flexibility index (Phi) is 3.01. The van der Waals surface area contributed by atoms with Crippen LogP contribution in [0, 0.1) is 13.8 Å². The van der Waals surface area contributed by atoms with Crippen LogP contribution in [0.5, 0.6) is 0 Å². The van der Waals surface area contributed by atoms with Crippen LogP contribution in [0.2, 0.25) is 0 Å². The fourth-order valence-corrected chi connectivity index (χ4v) is 4.68. The van der Waals surface area contributed by atoms with Crippen molar-refractivity contribution in [1.29, 1.82) is 0 Å². The summed E-state index contributed by atoms with van der Waals surface area (Å²) in [5.74, 6) is 0. The molecule has 2 heteroatoms. The zero-order valence-electron chi connectivity index (χ0n) is 14.1. The van der Waals surface area contributed by atoms with E-state index < -0.39 is 0 Å². The molecule has 0 aliphatic rings. The molecular formula is C23H16OS. The Hall–Kier alpha value is -2.71. The van der Waals surface area contributed by atoms with E-state index in [9.17, 15) is 4.79 Å². The van der Waals surface area contributed by atoms with Crippen molar-refractivity contribution in [2.75, 3.05) is 0 Å². The van der Waals surface area contributed by atoms with E-state index in [1.165, 1.54) is 27.3 Å². The normalized spacial score (nSPS) is 11.8. The van der Waals surface area contributed by atoms with Crippen molar-refractivity contribution in [3.63, 3.8) is 0 Å². The van der Waals surface area contributed by atoms with Crippen LogP contribution in [0.4, 0.5) is 0 Å². The first-order valence-electron chi connectivity index (χ1n) is 8.40. The lowest BCUT2D eigenvalue weighted by Gasteiger charge is -2.08. The molecule has 5 rings (SSSR count). The molecule has 1 aromatic heterocycles. The fraction of sp³-hybridized carbons (Fsp3) is 0.0870. The van der Waals surface area contributed by atoms with Gasteiger partial charge in [0.1, 0.15) is 0 Å². The zero-order chi connectivity index (χ0) is 17.1. The Morgan fingerprint density at radius 1 is 0.640 bits per heavy atom. The molecule has 0 aliphatic carbocycles. The summed E-state index contributed by atoms with van der Waals surface area (Å²) in [7, 11) is 0. The van der Waals surface area contributed by atoms with Crippen molar-refractivity contribution >= 4 is 53.1 Å². The van der Waals surface area contributed by atoms with Gasteiger partial charge in [0, 0.05) is 20.2 Å². The predicted octanol–water partition coefficient (Wildman–Crippen LogP) is 6.34. The SMILES string of the molecule is Cc1cc2cc3cc4sc5ccccc5c(=O)c4cc3cc2cc1C. The number of hydrogen-bond acceptors (Lipinski definition) is 2. The predicted molar refractivity (Wildman–Crippen MR) is 110 cm³/mol. The van der Waals surface area contributed by atoms with E-state index in [4.69, 9.17) is 0 Å². The van der Waals surface area contributed by atoms with Crippen LogP contribution in [0.25, 0.3) is 41.7 Å². The number of benzene rings is 4. The Balaban J connectivity index is 1.95. The average Bonchev–Trinajstić information content (AvgIpc) is 2.60. The Morgan fingerprint density at radius 3 is 1.96 bits per heavy atom. The monoisotopic (exact) mass is 340 g/mol. The summed E-state index contributed by atoms with van der Waals surface area (Å²) in [5.41, 5.74) is 2.74. The lowest BCUT2D eigenvalue weighted by Crippen LogP contribution is -2.00. The van der Waals surface area contributed by atoms with E-state index in [0.29, 0.717) is 0 Å². The standard InChI is InChI=1S/C23H16OS/c1-13-7-15-9-17-11-20-22(12-18(17)10-16(15)8-14(13)2)25-21-6-4-3-5-19(21)23(20)24/h3-12H,1-2H3. The van der Waals surface area contributed by atoms with Gasteiger partial charge in [0.05, 0.1) is 0 Å². The molecule has 0 bridgehead atoms. The summed E-state index contributed by atoms with van der Waals surface area (Å²) < 4.78 is 2.10. The summed E-state index contributed by atoms with van der Waals surface area (Å²) >= 11 is 1.69. The van der Waals surface area contributed by atoms with Crippen LogP contribution in [0.1, 0.15) is 11.1 Å². The van der Waals surface area contributed by atoms with Gasteiger partial charge in [-0.2, -0.15) is 0 Å². The van der Waals surface area contributed by atoms with Gasteiger partial charge in [0.15, 0.2) is 5.43 Å². The maximum atomic E-state index is 12.9. The van der Waals surface area contributed by atoms with E-state index in [2.05, 4.69) is 50.2 Å². The van der Waals surface area contributed by atoms with Gasteiger partial charge in [-0.25, -0.2) is 0 Å². The summed E-state index contributed by atoms with van der Waals surface area (Å²) in [6, 6.07) is 21.0. The Bertz CT molecular complexity index is 1380. The maximum Gasteiger partial charge on any atom is 0.195 e. The van der Waals surface area contributed by atoms with Gasteiger partial charge in [-0.1, -0.05) is 24.3 Å². The molecule has 1 heterocycles. The molecule has 0 unspecified atom stereocenters. The first kappa shape index (κ1) is 14.6. The molecule has 4 aromatic carbocycles. The fourth-order valence-electron chi connectivity index (χ4n) is 3.58. The number of rotatable bonds is 0. The summed E-state index contributed by atoms with van der Waals surface area (Å²) in [5, 5.41) is 6.43. The second kappa shape index (κ2) is 5.14. The molecule has 0 amide bonds. The minimum absolute atomic E-state index is 0.131. The summed E-state index contributed by atoms with van der Waals surface area (Å²) in [6.45, 7) is 4.29. The van der Waals surface area contributed by atoms with E-state index in [-0.39, 0.29) is 5.43 Å². The molecule has 0 radical (unpaired) electrons. The van der Waals surface area contributed by atoms with Crippen LogP contribution >= 0.6 is 11.3 Å². The van der Waals surface area contributed by atoms with Gasteiger partial charge in [0.25, 0.3) is 0 Å². The lowest BCUT2D eigenvalue weighted by atomic mass is 9.98. The highest BCUT2D eigenvalue weighted by Gasteiger charge is 2.08. The van der Waals surface area contributed by atoms with Crippen LogP contribution in [0.15, 0.2) is 65.5 Å². The van der Waals surface area contributed by atoms with E-state index in [1.807, 2.05) is 24.3 Å². The maximum absolute atomic E-state index is 12.9. The van der Waals surface area contributed by atoms with Crippen LogP contribution < -0.4 is 5.43 Å². The molecule has 0 saturated heterocycles. The molecule has 0 saturated carbocycles. The topological polar surface area (TPSA) is 17.1 Å². The average molecular weight is 340 g/mol. The molecular weight excluding hydrogens is 324 g/mol. The summed E-state index contributed by atoms with van der Waals surface area (Å²) in [4.78, 5) is 12.9. The third kappa shape index (κ3) is 2.18. The van der Waals surface area contributed by atoms with Gasteiger partial charge in [0.2, 0.25) is 0 Å². The highest BCUT2D eigenvalue weighted by molar-refractivity contribution is 7.24. The quantitative estimate of drug-likeness (QED) is 0.301. The second-order valence-electron chi connectivity index (χ2n) is 6.76. The number of aryl methyl sites for hydroxylation is 2. The molecule has 0 aliphatic heterocycles. The molecule has 0 N–H and O–H groups in total. The zero-order valence-corrected chi connectivity index (χ0v) is 14.9. The largest absolute Gasteiger partial charge is 0.289 e. The highest BCUT2D eigenvalue weighted by Crippen LogP contribution is 2.31. The van der Waals surface area contributed by atoms with E-state index >= 15 is 0 Å². The molecule has 0 fully saturated rings. The van der Waals surface area contributed by atoms with Crippen molar-refractivity contribution in [3.05, 3.63) is 82.0 Å². The first-order chi connectivity index (χ1) is 12.1. The molecule has 5 aromatic rings. The van der Waals surface area contributed by atoms with Crippen LogP contribution in [-0.2, 0) is 0 Å². The van der Waals surface area contributed by atoms with Crippen molar-refractivity contribution in [2.45, 2.75) is 13.8 Å². The third-order valence-corrected chi connectivity index (χ3v) is 6.24. The van der Waals surface area contributed by atoms with Crippen molar-refractivity contribution in [1.82, 2.24) is 0 Å². The minimum Gasteiger partial charge on any atom is -0.289 e. The van der Waals surface area contributed by atoms with Gasteiger partial charge in [-0.3, -0.25) is 4.79 Å². The smallest absolute Gasteiger partial charge is 0.195 e. The highest BCUT2D eigenvalue weighted by atomic mass is 32.1. The van der Waals surface area contributed by atoms with Crippen molar-refractivity contribution in [2.24, 2.45) is 0 Å². The van der Waals surface area contributed by atoms with Gasteiger partial charge < -0.3 is 0 Å².